The Balaban J connectivity index is 2.12. The van der Waals surface area contributed by atoms with Crippen molar-refractivity contribution in [2.45, 2.75) is 13.8 Å². The number of aliphatic hydroxyl groups excluding tert-OH is 1. The first-order valence-corrected chi connectivity index (χ1v) is 9.54. The lowest BCUT2D eigenvalue weighted by atomic mass is 9.93. The van der Waals surface area contributed by atoms with Crippen molar-refractivity contribution < 1.29 is 14.6 Å². The molecule has 0 atom stereocenters. The van der Waals surface area contributed by atoms with Gasteiger partial charge < -0.3 is 15.7 Å². The van der Waals surface area contributed by atoms with E-state index >= 15 is 0 Å². The first-order valence-electron chi connectivity index (χ1n) is 9.54. The molecule has 2 aromatic carbocycles. The van der Waals surface area contributed by atoms with Crippen molar-refractivity contribution in [3.05, 3.63) is 77.0 Å². The van der Waals surface area contributed by atoms with E-state index < -0.39 is 5.97 Å². The average Bonchev–Trinajstić information content (AvgIpc) is 2.80. The summed E-state index contributed by atoms with van der Waals surface area (Å²) in [7, 11) is 1.25. The number of aliphatic imine (C=N–C) groups is 1. The molecule has 3 rings (SSSR count). The Hall–Kier alpha value is -4.20. The van der Waals surface area contributed by atoms with Crippen LogP contribution in [0.1, 0.15) is 30.5 Å². The quantitative estimate of drug-likeness (QED) is 0.332. The molecule has 1 aliphatic heterocycles. The van der Waals surface area contributed by atoms with E-state index in [2.05, 4.69) is 15.2 Å². The number of hydrogen-bond acceptors (Lipinski definition) is 8. The Morgan fingerprint density at radius 1 is 1.13 bits per heavy atom. The molecule has 0 radical (unpaired) electrons. The highest BCUT2D eigenvalue weighted by Crippen LogP contribution is 2.38. The minimum absolute atomic E-state index is 0.0627. The van der Waals surface area contributed by atoms with E-state index in [1.807, 2.05) is 43.3 Å². The molecule has 8 heteroatoms. The number of nitrogens with two attached hydrogens (primary N) is 1. The Morgan fingerprint density at radius 2 is 1.87 bits per heavy atom. The maximum atomic E-state index is 12.3. The lowest BCUT2D eigenvalue weighted by molar-refractivity contribution is -0.137. The van der Waals surface area contributed by atoms with Crippen LogP contribution in [0.15, 0.2) is 75.5 Å². The third-order valence-electron chi connectivity index (χ3n) is 4.63. The van der Waals surface area contributed by atoms with Gasteiger partial charge in [-0.3, -0.25) is 4.99 Å². The summed E-state index contributed by atoms with van der Waals surface area (Å²) in [5.41, 5.74) is 3.57. The number of rotatable bonds is 5. The smallest absolute Gasteiger partial charge is 0.360 e. The fourth-order valence-electron chi connectivity index (χ4n) is 3.21. The molecule has 0 saturated carbocycles. The molecular formula is C23H23N5O3. The number of fused-ring (bicyclic) bond motifs is 1. The van der Waals surface area contributed by atoms with Crippen LogP contribution in [-0.4, -0.2) is 41.3 Å². The van der Waals surface area contributed by atoms with Crippen molar-refractivity contribution >= 4 is 41.3 Å². The third kappa shape index (κ3) is 4.23. The number of benzene rings is 2. The molecule has 31 heavy (non-hydrogen) atoms. The monoisotopic (exact) mass is 417 g/mol. The molecule has 1 heterocycles. The van der Waals surface area contributed by atoms with Gasteiger partial charge in [0.05, 0.1) is 24.7 Å². The van der Waals surface area contributed by atoms with E-state index in [0.717, 1.165) is 5.69 Å². The zero-order valence-electron chi connectivity index (χ0n) is 17.5. The molecule has 0 fully saturated rings. The summed E-state index contributed by atoms with van der Waals surface area (Å²) in [5.74, 6) is 4.70. The van der Waals surface area contributed by atoms with Crippen LogP contribution >= 0.6 is 0 Å². The summed E-state index contributed by atoms with van der Waals surface area (Å²) in [6.45, 7) is 3.53. The maximum Gasteiger partial charge on any atom is 0.360 e. The minimum Gasteiger partial charge on any atom is -0.505 e. The normalized spacial score (nSPS) is 15.8. The van der Waals surface area contributed by atoms with Gasteiger partial charge in [-0.15, -0.1) is 0 Å². The summed E-state index contributed by atoms with van der Waals surface area (Å²) in [5, 5.41) is 20.3. The largest absolute Gasteiger partial charge is 0.505 e. The van der Waals surface area contributed by atoms with Crippen molar-refractivity contribution in [2.24, 2.45) is 21.0 Å². The molecule has 158 valence electrons. The van der Waals surface area contributed by atoms with Crippen molar-refractivity contribution in [1.29, 1.82) is 0 Å². The molecule has 3 N–H and O–H groups in total. The molecule has 1 aliphatic rings. The number of nitrogens with zero attached hydrogens (tertiary/aromatic N) is 4. The second kappa shape index (κ2) is 9.53. The van der Waals surface area contributed by atoms with Gasteiger partial charge in [0, 0.05) is 22.9 Å². The lowest BCUT2D eigenvalue weighted by Crippen LogP contribution is -2.28. The van der Waals surface area contributed by atoms with Gasteiger partial charge in [-0.05, 0) is 38.1 Å². The van der Waals surface area contributed by atoms with E-state index in [9.17, 15) is 9.90 Å². The molecule has 0 amide bonds. The van der Waals surface area contributed by atoms with Gasteiger partial charge in [-0.25, -0.2) is 9.80 Å². The van der Waals surface area contributed by atoms with Crippen LogP contribution in [0, 0.1) is 0 Å². The third-order valence-corrected chi connectivity index (χ3v) is 4.63. The molecule has 0 aromatic heterocycles. The van der Waals surface area contributed by atoms with Crippen molar-refractivity contribution in [3.8, 4) is 0 Å². The summed E-state index contributed by atoms with van der Waals surface area (Å²) >= 11 is 0. The highest BCUT2D eigenvalue weighted by Gasteiger charge is 2.34. The van der Waals surface area contributed by atoms with Crippen molar-refractivity contribution in [2.75, 3.05) is 7.11 Å². The minimum atomic E-state index is -0.698. The first kappa shape index (κ1) is 21.5. The standard InChI is InChI=1S/C23H23N5O3/c1-4-20-18-13-15(19(27-24)14-25-16-9-7-6-8-10-16)11-12-17(18)22(29)21(23(30)31-3)28(20)26-5-2/h4-14,29H,24H2,1-3H3/b20-4+,25-14?,26-5-,27-19+. The number of aliphatic hydroxyl groups is 1. The molecule has 0 unspecified atom stereocenters. The van der Waals surface area contributed by atoms with Gasteiger partial charge in [0.25, 0.3) is 0 Å². The van der Waals surface area contributed by atoms with Gasteiger partial charge in [0.15, 0.2) is 11.5 Å². The topological polar surface area (TPSA) is 113 Å². The Kier molecular flexibility index (Phi) is 6.61. The fraction of sp³-hybridized carbons (Fsp3) is 0.130. The van der Waals surface area contributed by atoms with E-state index in [4.69, 9.17) is 10.6 Å². The van der Waals surface area contributed by atoms with Crippen LogP contribution in [0.25, 0.3) is 11.5 Å². The number of hydrazone groups is 2. The number of methoxy groups -OCH3 is 1. The second-order valence-electron chi connectivity index (χ2n) is 6.42. The van der Waals surface area contributed by atoms with E-state index in [-0.39, 0.29) is 11.5 Å². The van der Waals surface area contributed by atoms with Crippen LogP contribution < -0.4 is 5.84 Å². The fourth-order valence-corrected chi connectivity index (χ4v) is 3.21. The van der Waals surface area contributed by atoms with Gasteiger partial charge in [0.1, 0.15) is 5.71 Å². The number of allylic oxidation sites excluding steroid dienone is 1. The summed E-state index contributed by atoms with van der Waals surface area (Å²) in [4.78, 5) is 16.7. The number of carbonyl (C=O) groups is 1. The summed E-state index contributed by atoms with van der Waals surface area (Å²) in [6.07, 6.45) is 4.89. The molecule has 2 aromatic rings. The van der Waals surface area contributed by atoms with Gasteiger partial charge in [-0.1, -0.05) is 30.3 Å². The Labute approximate surface area is 180 Å². The number of para-hydroxylation sites is 1. The number of hydrogen-bond donors (Lipinski definition) is 2. The van der Waals surface area contributed by atoms with Crippen LogP contribution in [0.2, 0.25) is 0 Å². The second-order valence-corrected chi connectivity index (χ2v) is 6.42. The SMILES string of the molecule is C/C=N\N1C(C(=O)OC)=C(O)c2ccc(/C(C=Nc3ccccc3)=N/N)cc2/C1=C\C. The van der Waals surface area contributed by atoms with Gasteiger partial charge in [-0.2, -0.15) is 10.2 Å². The predicted molar refractivity (Wildman–Crippen MR) is 123 cm³/mol. The van der Waals surface area contributed by atoms with Crippen LogP contribution in [0.3, 0.4) is 0 Å². The van der Waals surface area contributed by atoms with Crippen molar-refractivity contribution in [1.82, 2.24) is 5.01 Å². The molecule has 0 aliphatic carbocycles. The highest BCUT2D eigenvalue weighted by molar-refractivity contribution is 6.38. The average molecular weight is 417 g/mol. The van der Waals surface area contributed by atoms with Crippen LogP contribution in [-0.2, 0) is 9.53 Å². The Morgan fingerprint density at radius 3 is 2.48 bits per heavy atom. The number of carbonyl (C=O) groups excluding carboxylic acids is 1. The maximum absolute atomic E-state index is 12.3. The molecule has 8 nitrogen and oxygen atoms in total. The zero-order chi connectivity index (χ0) is 22.4. The zero-order valence-corrected chi connectivity index (χ0v) is 17.5. The van der Waals surface area contributed by atoms with Gasteiger partial charge >= 0.3 is 5.97 Å². The highest BCUT2D eigenvalue weighted by atomic mass is 16.5. The number of esters is 1. The van der Waals surface area contributed by atoms with Crippen LogP contribution in [0.4, 0.5) is 5.69 Å². The van der Waals surface area contributed by atoms with E-state index in [0.29, 0.717) is 28.1 Å². The van der Waals surface area contributed by atoms with E-state index in [1.54, 1.807) is 31.3 Å². The number of ether oxygens (including phenoxy) is 1. The van der Waals surface area contributed by atoms with Gasteiger partial charge in [0.2, 0.25) is 0 Å². The first-order chi connectivity index (χ1) is 15.0. The molecular weight excluding hydrogens is 394 g/mol. The summed E-state index contributed by atoms with van der Waals surface area (Å²) < 4.78 is 4.85. The molecule has 0 spiro atoms. The van der Waals surface area contributed by atoms with Crippen LogP contribution in [0.5, 0.6) is 0 Å². The predicted octanol–water partition coefficient (Wildman–Crippen LogP) is 3.83. The van der Waals surface area contributed by atoms with Crippen molar-refractivity contribution in [3.63, 3.8) is 0 Å². The Bertz CT molecular complexity index is 1130. The van der Waals surface area contributed by atoms with E-state index in [1.165, 1.54) is 18.3 Å². The molecule has 0 bridgehead atoms. The molecule has 0 saturated heterocycles. The summed E-state index contributed by atoms with van der Waals surface area (Å²) in [6, 6.07) is 14.7. The lowest BCUT2D eigenvalue weighted by Gasteiger charge is -2.30.